The summed E-state index contributed by atoms with van der Waals surface area (Å²) in [6.07, 6.45) is 3.73. The first-order chi connectivity index (χ1) is 10.3. The molecule has 1 fully saturated rings. The number of rotatable bonds is 7. The van der Waals surface area contributed by atoms with E-state index in [1.54, 1.807) is 7.11 Å². The second kappa shape index (κ2) is 8.40. The Kier molecular flexibility index (Phi) is 6.52. The predicted octanol–water partition coefficient (Wildman–Crippen LogP) is 3.30. The van der Waals surface area contributed by atoms with Crippen LogP contribution < -0.4 is 10.1 Å². The van der Waals surface area contributed by atoms with Crippen LogP contribution in [0.15, 0.2) is 24.3 Å². The van der Waals surface area contributed by atoms with Crippen molar-refractivity contribution in [2.45, 2.75) is 45.7 Å². The third kappa shape index (κ3) is 4.45. The molecule has 3 nitrogen and oxygen atoms in total. The Morgan fingerprint density at radius 2 is 2.10 bits per heavy atom. The lowest BCUT2D eigenvalue weighted by atomic mass is 9.89. The van der Waals surface area contributed by atoms with Crippen LogP contribution in [-0.2, 0) is 6.54 Å². The van der Waals surface area contributed by atoms with Gasteiger partial charge >= 0.3 is 0 Å². The van der Waals surface area contributed by atoms with E-state index in [9.17, 15) is 0 Å². The lowest BCUT2D eigenvalue weighted by molar-refractivity contribution is 0.128. The van der Waals surface area contributed by atoms with Crippen molar-refractivity contribution in [1.29, 1.82) is 0 Å². The number of piperidine rings is 1. The average Bonchev–Trinajstić information content (AvgIpc) is 2.54. The van der Waals surface area contributed by atoms with Crippen LogP contribution in [0.4, 0.5) is 0 Å². The molecular weight excluding hydrogens is 260 g/mol. The minimum absolute atomic E-state index is 0.698. The number of likely N-dealkylation sites (tertiary alicyclic amines) is 1. The maximum absolute atomic E-state index is 5.48. The number of nitrogens with zero attached hydrogens (tertiary/aromatic N) is 1. The number of benzene rings is 1. The van der Waals surface area contributed by atoms with Crippen LogP contribution in [0.3, 0.4) is 0 Å². The van der Waals surface area contributed by atoms with Crippen LogP contribution in [-0.4, -0.2) is 37.7 Å². The molecule has 0 amide bonds. The normalized spacial score (nSPS) is 23.2. The van der Waals surface area contributed by atoms with Crippen LogP contribution in [0.25, 0.3) is 0 Å². The van der Waals surface area contributed by atoms with Crippen molar-refractivity contribution in [1.82, 2.24) is 10.2 Å². The van der Waals surface area contributed by atoms with E-state index in [0.29, 0.717) is 6.04 Å². The molecule has 1 N–H and O–H groups in total. The third-order valence-corrected chi connectivity index (χ3v) is 4.59. The molecule has 1 aliphatic rings. The van der Waals surface area contributed by atoms with Crippen molar-refractivity contribution in [3.8, 4) is 5.75 Å². The number of ether oxygens (including phenoxy) is 1. The fraction of sp³-hybridized carbons (Fsp3) is 0.667. The zero-order valence-electron chi connectivity index (χ0n) is 13.8. The molecule has 3 heteroatoms. The average molecular weight is 290 g/mol. The van der Waals surface area contributed by atoms with Crippen molar-refractivity contribution in [3.05, 3.63) is 29.8 Å². The van der Waals surface area contributed by atoms with Gasteiger partial charge in [-0.25, -0.2) is 0 Å². The molecule has 0 aromatic heterocycles. The second-order valence-electron chi connectivity index (χ2n) is 6.06. The molecule has 0 aliphatic carbocycles. The van der Waals surface area contributed by atoms with Crippen molar-refractivity contribution in [2.75, 3.05) is 26.7 Å². The van der Waals surface area contributed by atoms with Crippen LogP contribution in [0.2, 0.25) is 0 Å². The molecule has 1 aromatic carbocycles. The van der Waals surface area contributed by atoms with E-state index in [-0.39, 0.29) is 0 Å². The summed E-state index contributed by atoms with van der Waals surface area (Å²) in [5.41, 5.74) is 1.30. The van der Waals surface area contributed by atoms with E-state index < -0.39 is 0 Å². The van der Waals surface area contributed by atoms with Gasteiger partial charge in [0, 0.05) is 24.7 Å². The summed E-state index contributed by atoms with van der Waals surface area (Å²) in [5.74, 6) is 1.77. The second-order valence-corrected chi connectivity index (χ2v) is 6.06. The van der Waals surface area contributed by atoms with Crippen molar-refractivity contribution >= 4 is 0 Å². The molecule has 1 aromatic rings. The monoisotopic (exact) mass is 290 g/mol. The largest absolute Gasteiger partial charge is 0.496 e. The Hall–Kier alpha value is -1.06. The molecule has 0 spiro atoms. The molecule has 2 atom stereocenters. The third-order valence-electron chi connectivity index (χ3n) is 4.59. The van der Waals surface area contributed by atoms with Gasteiger partial charge < -0.3 is 10.1 Å². The molecule has 0 saturated carbocycles. The van der Waals surface area contributed by atoms with Crippen LogP contribution in [0.5, 0.6) is 5.75 Å². The SMILES string of the molecule is CCCNC1CCN(Cc2ccccc2OC)CC1CC. The van der Waals surface area contributed by atoms with Gasteiger partial charge in [0.2, 0.25) is 0 Å². The Morgan fingerprint density at radius 1 is 1.29 bits per heavy atom. The number of hydrogen-bond donors (Lipinski definition) is 1. The van der Waals surface area contributed by atoms with Crippen LogP contribution in [0.1, 0.15) is 38.7 Å². The summed E-state index contributed by atoms with van der Waals surface area (Å²) < 4.78 is 5.48. The van der Waals surface area contributed by atoms with Gasteiger partial charge in [-0.3, -0.25) is 4.90 Å². The van der Waals surface area contributed by atoms with E-state index >= 15 is 0 Å². The van der Waals surface area contributed by atoms with E-state index in [4.69, 9.17) is 4.74 Å². The fourth-order valence-corrected chi connectivity index (χ4v) is 3.34. The molecule has 1 heterocycles. The highest BCUT2D eigenvalue weighted by molar-refractivity contribution is 5.33. The Morgan fingerprint density at radius 3 is 2.81 bits per heavy atom. The molecule has 21 heavy (non-hydrogen) atoms. The number of methoxy groups -OCH3 is 1. The maximum atomic E-state index is 5.48. The molecule has 2 unspecified atom stereocenters. The Bertz CT molecular complexity index is 421. The number of hydrogen-bond acceptors (Lipinski definition) is 3. The van der Waals surface area contributed by atoms with Gasteiger partial charge in [0.1, 0.15) is 5.75 Å². The van der Waals surface area contributed by atoms with Crippen molar-refractivity contribution < 1.29 is 4.74 Å². The van der Waals surface area contributed by atoms with Crippen LogP contribution in [0, 0.1) is 5.92 Å². The van der Waals surface area contributed by atoms with Gasteiger partial charge in [0.05, 0.1) is 7.11 Å². The Balaban J connectivity index is 1.94. The van der Waals surface area contributed by atoms with Gasteiger partial charge in [-0.1, -0.05) is 38.5 Å². The van der Waals surface area contributed by atoms with Crippen LogP contribution >= 0.6 is 0 Å². The summed E-state index contributed by atoms with van der Waals surface area (Å²) in [7, 11) is 1.76. The molecule has 2 rings (SSSR count). The van der Waals surface area contributed by atoms with Gasteiger partial charge in [-0.05, 0) is 37.9 Å². The lowest BCUT2D eigenvalue weighted by Gasteiger charge is -2.39. The lowest BCUT2D eigenvalue weighted by Crippen LogP contribution is -2.49. The first kappa shape index (κ1) is 16.3. The van der Waals surface area contributed by atoms with Gasteiger partial charge in [-0.2, -0.15) is 0 Å². The van der Waals surface area contributed by atoms with E-state index in [0.717, 1.165) is 24.8 Å². The smallest absolute Gasteiger partial charge is 0.123 e. The standard InChI is InChI=1S/C18H30N2O/c1-4-11-19-17-10-12-20(13-15(17)5-2)14-16-8-6-7-9-18(16)21-3/h6-9,15,17,19H,4-5,10-14H2,1-3H3. The summed E-state index contributed by atoms with van der Waals surface area (Å²) in [6, 6.07) is 9.08. The van der Waals surface area contributed by atoms with Gasteiger partial charge in [0.15, 0.2) is 0 Å². The van der Waals surface area contributed by atoms with Gasteiger partial charge in [-0.15, -0.1) is 0 Å². The van der Waals surface area contributed by atoms with Gasteiger partial charge in [0.25, 0.3) is 0 Å². The number of para-hydroxylation sites is 1. The number of nitrogens with one attached hydrogen (secondary N) is 1. The summed E-state index contributed by atoms with van der Waals surface area (Å²) in [6.45, 7) is 9.07. The first-order valence-corrected chi connectivity index (χ1v) is 8.36. The summed E-state index contributed by atoms with van der Waals surface area (Å²) in [5, 5.41) is 3.73. The van der Waals surface area contributed by atoms with Crippen molar-refractivity contribution in [3.63, 3.8) is 0 Å². The predicted molar refractivity (Wildman–Crippen MR) is 88.8 cm³/mol. The highest BCUT2D eigenvalue weighted by atomic mass is 16.5. The van der Waals surface area contributed by atoms with E-state index in [2.05, 4.69) is 42.3 Å². The first-order valence-electron chi connectivity index (χ1n) is 8.36. The van der Waals surface area contributed by atoms with E-state index in [1.165, 1.54) is 37.9 Å². The topological polar surface area (TPSA) is 24.5 Å². The zero-order chi connectivity index (χ0) is 15.1. The molecular formula is C18H30N2O. The highest BCUT2D eigenvalue weighted by Crippen LogP contribution is 2.25. The Labute approximate surface area is 129 Å². The van der Waals surface area contributed by atoms with Crippen molar-refractivity contribution in [2.24, 2.45) is 5.92 Å². The molecule has 118 valence electrons. The maximum Gasteiger partial charge on any atom is 0.123 e. The summed E-state index contributed by atoms with van der Waals surface area (Å²) >= 11 is 0. The molecule has 1 aliphatic heterocycles. The molecule has 0 bridgehead atoms. The zero-order valence-corrected chi connectivity index (χ0v) is 13.8. The van der Waals surface area contributed by atoms with E-state index in [1.807, 2.05) is 6.07 Å². The summed E-state index contributed by atoms with van der Waals surface area (Å²) in [4.78, 5) is 2.58. The minimum Gasteiger partial charge on any atom is -0.496 e. The quantitative estimate of drug-likeness (QED) is 0.834. The fourth-order valence-electron chi connectivity index (χ4n) is 3.34. The molecule has 0 radical (unpaired) electrons. The minimum atomic E-state index is 0.698. The highest BCUT2D eigenvalue weighted by Gasteiger charge is 2.27. The molecule has 1 saturated heterocycles.